The van der Waals surface area contributed by atoms with E-state index in [-0.39, 0.29) is 0 Å². The molecule has 0 spiro atoms. The van der Waals surface area contributed by atoms with Crippen LogP contribution in [0, 0.1) is 17.8 Å². The highest BCUT2D eigenvalue weighted by Crippen LogP contribution is 2.54. The minimum absolute atomic E-state index is 0.292. The molecular formula is C58H47NO2. The Morgan fingerprint density at radius 2 is 0.902 bits per heavy atom. The summed E-state index contributed by atoms with van der Waals surface area (Å²) in [6.45, 7) is 4.94. The fraction of sp³-hybridized carbons (Fsp3) is 0.190. The largest absolute Gasteiger partial charge is 0.455 e. The molecule has 12 rings (SSSR count). The zero-order valence-electron chi connectivity index (χ0n) is 34.7. The van der Waals surface area contributed by atoms with Crippen molar-refractivity contribution >= 4 is 43.9 Å². The van der Waals surface area contributed by atoms with Crippen LogP contribution in [0.3, 0.4) is 0 Å². The van der Waals surface area contributed by atoms with E-state index >= 15 is 0 Å². The Balaban J connectivity index is 0.911. The molecule has 2 bridgehead atoms. The van der Waals surface area contributed by atoms with E-state index in [1.54, 1.807) is 0 Å². The van der Waals surface area contributed by atoms with E-state index in [9.17, 15) is 0 Å². The topological polar surface area (TPSA) is 39.2 Å². The molecule has 0 amide bonds. The van der Waals surface area contributed by atoms with Crippen molar-refractivity contribution in [2.75, 3.05) is 0 Å². The molecule has 3 heteroatoms. The summed E-state index contributed by atoms with van der Waals surface area (Å²) in [4.78, 5) is 5.41. The molecule has 0 aliphatic heterocycles. The highest BCUT2D eigenvalue weighted by molar-refractivity contribution is 6.10. The molecule has 3 nitrogen and oxygen atoms in total. The van der Waals surface area contributed by atoms with Gasteiger partial charge in [0.15, 0.2) is 0 Å². The molecule has 2 fully saturated rings. The van der Waals surface area contributed by atoms with E-state index in [4.69, 9.17) is 13.8 Å². The van der Waals surface area contributed by atoms with Gasteiger partial charge in [0.2, 0.25) is 0 Å². The number of hydrogen-bond donors (Lipinski definition) is 0. The van der Waals surface area contributed by atoms with Gasteiger partial charge in [0.05, 0.1) is 11.4 Å². The molecule has 10 aromatic rings. The second kappa shape index (κ2) is 14.2. The standard InChI is InChI=1S/C58H47NO2/c1-36-29-38-30-37(2)34-58(33-36,35-38)45-27-25-43(26-28-45)52-31-44(32-53(59-52)51-14-8-13-50-48-10-4-6-16-55(48)61-57(50)51)41-19-17-39(18-20-41)40-21-23-42(24-22-40)46-11-7-12-49-47-9-3-5-15-54(47)60-56(46)49/h3-28,31-32,36-38H,29-30,33-35H2,1-2H3. The van der Waals surface area contributed by atoms with Crippen molar-refractivity contribution in [3.8, 4) is 55.9 Å². The Labute approximate surface area is 356 Å². The summed E-state index contributed by atoms with van der Waals surface area (Å²) in [5, 5.41) is 4.52. The molecule has 0 radical (unpaired) electrons. The van der Waals surface area contributed by atoms with Gasteiger partial charge in [-0.2, -0.15) is 0 Å². The first kappa shape index (κ1) is 36.2. The van der Waals surface area contributed by atoms with E-state index in [1.807, 2.05) is 24.3 Å². The number of hydrogen-bond acceptors (Lipinski definition) is 3. The highest BCUT2D eigenvalue weighted by Gasteiger charge is 2.45. The van der Waals surface area contributed by atoms with E-state index in [0.717, 1.165) is 106 Å². The number of aromatic nitrogens is 1. The van der Waals surface area contributed by atoms with Gasteiger partial charge in [0, 0.05) is 38.2 Å². The molecule has 2 aliphatic carbocycles. The number of pyridine rings is 1. The van der Waals surface area contributed by atoms with Crippen molar-refractivity contribution in [2.45, 2.75) is 51.4 Å². The van der Waals surface area contributed by atoms with E-state index in [0.29, 0.717) is 5.41 Å². The van der Waals surface area contributed by atoms with Crippen molar-refractivity contribution < 1.29 is 8.83 Å². The summed E-state index contributed by atoms with van der Waals surface area (Å²) in [6.07, 6.45) is 6.70. The average molecular weight is 790 g/mol. The third-order valence-electron chi connectivity index (χ3n) is 14.1. The Bertz CT molecular complexity index is 3240. The number of para-hydroxylation sites is 4. The first-order chi connectivity index (χ1) is 29.9. The molecular weight excluding hydrogens is 743 g/mol. The van der Waals surface area contributed by atoms with Crippen LogP contribution in [-0.4, -0.2) is 4.98 Å². The number of furan rings is 2. The Hall–Kier alpha value is -6.71. The SMILES string of the molecule is CC1CC2CC(C)CC(c3ccc(-c4cc(-c5ccc(-c6ccc(-c7cccc8c7oc7ccccc78)cc6)cc5)cc(-c5cccc6c5oc5ccccc56)n4)cc3)(C1)C2. The molecule has 2 atom stereocenters. The van der Waals surface area contributed by atoms with Crippen LogP contribution >= 0.6 is 0 Å². The molecule has 3 aromatic heterocycles. The number of fused-ring (bicyclic) bond motifs is 8. The number of nitrogens with zero attached hydrogens (tertiary/aromatic N) is 1. The lowest BCUT2D eigenvalue weighted by molar-refractivity contribution is 0.0780. The Morgan fingerprint density at radius 1 is 0.426 bits per heavy atom. The summed E-state index contributed by atoms with van der Waals surface area (Å²) in [6, 6.07) is 61.2. The fourth-order valence-corrected chi connectivity index (χ4v) is 11.7. The summed E-state index contributed by atoms with van der Waals surface area (Å²) in [5.74, 6) is 2.41. The maximum absolute atomic E-state index is 6.56. The molecule has 7 aromatic carbocycles. The van der Waals surface area contributed by atoms with Crippen LogP contribution in [0.15, 0.2) is 179 Å². The van der Waals surface area contributed by atoms with Gasteiger partial charge in [-0.25, -0.2) is 4.98 Å². The Kier molecular flexibility index (Phi) is 8.42. The first-order valence-corrected chi connectivity index (χ1v) is 22.1. The number of benzene rings is 7. The first-order valence-electron chi connectivity index (χ1n) is 22.1. The van der Waals surface area contributed by atoms with Crippen LogP contribution < -0.4 is 0 Å². The van der Waals surface area contributed by atoms with Gasteiger partial charge >= 0.3 is 0 Å². The normalized spacial score (nSPS) is 20.2. The van der Waals surface area contributed by atoms with Crippen LogP contribution in [0.25, 0.3) is 99.8 Å². The van der Waals surface area contributed by atoms with Gasteiger partial charge in [0.25, 0.3) is 0 Å². The highest BCUT2D eigenvalue weighted by atomic mass is 16.3. The van der Waals surface area contributed by atoms with Gasteiger partial charge < -0.3 is 8.83 Å². The van der Waals surface area contributed by atoms with Crippen LogP contribution in [0.4, 0.5) is 0 Å². The third-order valence-corrected chi connectivity index (χ3v) is 14.1. The van der Waals surface area contributed by atoms with Crippen molar-refractivity contribution in [1.29, 1.82) is 0 Å². The predicted molar refractivity (Wildman–Crippen MR) is 253 cm³/mol. The molecule has 61 heavy (non-hydrogen) atoms. The van der Waals surface area contributed by atoms with E-state index in [2.05, 4.69) is 159 Å². The quantitative estimate of drug-likeness (QED) is 0.168. The van der Waals surface area contributed by atoms with Crippen LogP contribution in [0.1, 0.15) is 51.5 Å². The summed E-state index contributed by atoms with van der Waals surface area (Å²) < 4.78 is 12.9. The van der Waals surface area contributed by atoms with E-state index < -0.39 is 0 Å². The van der Waals surface area contributed by atoms with Crippen molar-refractivity contribution in [1.82, 2.24) is 4.98 Å². The lowest BCUT2D eigenvalue weighted by Gasteiger charge is -2.50. The maximum atomic E-state index is 6.56. The van der Waals surface area contributed by atoms with Gasteiger partial charge in [-0.1, -0.05) is 153 Å². The zero-order chi connectivity index (χ0) is 40.7. The molecule has 3 heterocycles. The van der Waals surface area contributed by atoms with Crippen LogP contribution in [-0.2, 0) is 5.41 Å². The second-order valence-corrected chi connectivity index (χ2v) is 18.4. The van der Waals surface area contributed by atoms with Crippen LogP contribution in [0.2, 0.25) is 0 Å². The van der Waals surface area contributed by atoms with E-state index in [1.165, 1.54) is 48.8 Å². The fourth-order valence-electron chi connectivity index (χ4n) is 11.7. The molecule has 2 aliphatic rings. The lowest BCUT2D eigenvalue weighted by Crippen LogP contribution is -2.42. The average Bonchev–Trinajstić information content (AvgIpc) is 3.87. The molecule has 0 N–H and O–H groups in total. The Morgan fingerprint density at radius 3 is 1.51 bits per heavy atom. The maximum Gasteiger partial charge on any atom is 0.144 e. The molecule has 2 unspecified atom stereocenters. The molecule has 2 saturated carbocycles. The van der Waals surface area contributed by atoms with Crippen molar-refractivity contribution in [3.05, 3.63) is 175 Å². The van der Waals surface area contributed by atoms with Gasteiger partial charge in [-0.05, 0) is 119 Å². The minimum atomic E-state index is 0.292. The van der Waals surface area contributed by atoms with Gasteiger partial charge in [-0.3, -0.25) is 0 Å². The third kappa shape index (κ3) is 6.21. The van der Waals surface area contributed by atoms with Gasteiger partial charge in [0.1, 0.15) is 22.3 Å². The molecule has 296 valence electrons. The van der Waals surface area contributed by atoms with Gasteiger partial charge in [-0.15, -0.1) is 0 Å². The van der Waals surface area contributed by atoms with Crippen LogP contribution in [0.5, 0.6) is 0 Å². The summed E-state index contributed by atoms with van der Waals surface area (Å²) >= 11 is 0. The second-order valence-electron chi connectivity index (χ2n) is 18.4. The summed E-state index contributed by atoms with van der Waals surface area (Å²) in [7, 11) is 0. The van der Waals surface area contributed by atoms with Crippen molar-refractivity contribution in [3.63, 3.8) is 0 Å². The number of rotatable bonds is 6. The molecule has 0 saturated heterocycles. The monoisotopic (exact) mass is 789 g/mol. The van der Waals surface area contributed by atoms with Crippen molar-refractivity contribution in [2.24, 2.45) is 17.8 Å². The summed E-state index contributed by atoms with van der Waals surface area (Å²) in [5.41, 5.74) is 16.3. The zero-order valence-corrected chi connectivity index (χ0v) is 34.7. The smallest absolute Gasteiger partial charge is 0.144 e. The predicted octanol–water partition coefficient (Wildman–Crippen LogP) is 16.3. The lowest BCUT2D eigenvalue weighted by atomic mass is 9.54. The minimum Gasteiger partial charge on any atom is -0.455 e.